The van der Waals surface area contributed by atoms with E-state index in [2.05, 4.69) is 24.1 Å². The summed E-state index contributed by atoms with van der Waals surface area (Å²) in [6.07, 6.45) is 5.41. The average Bonchev–Trinajstić information content (AvgIpc) is 3.48. The minimum atomic E-state index is -0.624. The van der Waals surface area contributed by atoms with Crippen LogP contribution in [0.1, 0.15) is 43.5 Å². The lowest BCUT2D eigenvalue weighted by atomic mass is 10.1. The molecule has 1 saturated carbocycles. The molecule has 0 radical (unpaired) electrons. The largest absolute Gasteiger partial charge is 0.353 e. The minimum Gasteiger partial charge on any atom is -0.353 e. The Hall–Kier alpha value is -2.48. The summed E-state index contributed by atoms with van der Waals surface area (Å²) in [5.74, 6) is 0.0996. The maximum Gasteiger partial charge on any atom is 0.256 e. The molecule has 2 unspecified atom stereocenters. The third-order valence-corrected chi connectivity index (χ3v) is 5.41. The Morgan fingerprint density at radius 1 is 1.34 bits per heavy atom. The Morgan fingerprint density at radius 3 is 2.69 bits per heavy atom. The lowest BCUT2D eigenvalue weighted by Gasteiger charge is -2.31. The molecule has 1 aromatic heterocycles. The highest BCUT2D eigenvalue weighted by molar-refractivity contribution is 5.98. The van der Waals surface area contributed by atoms with Crippen molar-refractivity contribution >= 4 is 17.7 Å². The topological polar surface area (TPSA) is 109 Å². The first kappa shape index (κ1) is 21.2. The molecular weight excluding hydrogens is 370 g/mol. The molecule has 3 rings (SSSR count). The number of aromatic nitrogens is 1. The number of pyridine rings is 1. The fraction of sp³-hybridized carbons (Fsp3) is 0.619. The third-order valence-electron chi connectivity index (χ3n) is 5.41. The van der Waals surface area contributed by atoms with Crippen molar-refractivity contribution < 1.29 is 14.4 Å². The summed E-state index contributed by atoms with van der Waals surface area (Å²) >= 11 is 0. The molecule has 1 aromatic rings. The second-order valence-corrected chi connectivity index (χ2v) is 8.34. The second-order valence-electron chi connectivity index (χ2n) is 8.34. The SMILES string of the molecule is CC(C)CN(C(=O)C1CC1)C1CC(C(=O)NCCN)N(C(=O)c2cccnc2)C1. The highest BCUT2D eigenvalue weighted by Gasteiger charge is 2.45. The van der Waals surface area contributed by atoms with Crippen LogP contribution < -0.4 is 11.1 Å². The molecule has 1 aliphatic heterocycles. The van der Waals surface area contributed by atoms with Gasteiger partial charge in [0.1, 0.15) is 6.04 Å². The molecule has 0 spiro atoms. The van der Waals surface area contributed by atoms with E-state index in [1.54, 1.807) is 23.2 Å². The summed E-state index contributed by atoms with van der Waals surface area (Å²) in [6.45, 7) is 5.81. The van der Waals surface area contributed by atoms with Gasteiger partial charge in [-0.3, -0.25) is 19.4 Å². The molecule has 8 nitrogen and oxygen atoms in total. The highest BCUT2D eigenvalue weighted by Crippen LogP contribution is 2.34. The number of carbonyl (C=O) groups excluding carboxylic acids is 3. The second kappa shape index (κ2) is 9.35. The minimum absolute atomic E-state index is 0.0985. The average molecular weight is 402 g/mol. The van der Waals surface area contributed by atoms with Crippen LogP contribution in [-0.4, -0.2) is 70.8 Å². The summed E-state index contributed by atoms with van der Waals surface area (Å²) in [4.78, 5) is 46.3. The summed E-state index contributed by atoms with van der Waals surface area (Å²) in [7, 11) is 0. The van der Waals surface area contributed by atoms with Crippen LogP contribution in [0.2, 0.25) is 0 Å². The molecule has 8 heteroatoms. The van der Waals surface area contributed by atoms with E-state index >= 15 is 0 Å². The molecule has 1 saturated heterocycles. The van der Waals surface area contributed by atoms with E-state index in [1.165, 1.54) is 6.20 Å². The van der Waals surface area contributed by atoms with Crippen LogP contribution in [-0.2, 0) is 9.59 Å². The number of hydrogen-bond donors (Lipinski definition) is 2. The predicted molar refractivity (Wildman–Crippen MR) is 109 cm³/mol. The van der Waals surface area contributed by atoms with Crippen molar-refractivity contribution in [3.05, 3.63) is 30.1 Å². The molecular formula is C21H31N5O3. The Balaban J connectivity index is 1.83. The summed E-state index contributed by atoms with van der Waals surface area (Å²) in [5.41, 5.74) is 5.95. The van der Waals surface area contributed by atoms with Crippen LogP contribution in [0.3, 0.4) is 0 Å². The van der Waals surface area contributed by atoms with Gasteiger partial charge >= 0.3 is 0 Å². The van der Waals surface area contributed by atoms with Crippen molar-refractivity contribution in [3.63, 3.8) is 0 Å². The lowest BCUT2D eigenvalue weighted by molar-refractivity contribution is -0.135. The normalized spacial score (nSPS) is 21.3. The molecule has 29 heavy (non-hydrogen) atoms. The number of rotatable bonds is 8. The molecule has 1 aliphatic carbocycles. The van der Waals surface area contributed by atoms with Gasteiger partial charge in [-0.15, -0.1) is 0 Å². The van der Waals surface area contributed by atoms with Gasteiger partial charge < -0.3 is 20.9 Å². The van der Waals surface area contributed by atoms with E-state index in [4.69, 9.17) is 5.73 Å². The van der Waals surface area contributed by atoms with Crippen LogP contribution in [0, 0.1) is 11.8 Å². The third kappa shape index (κ3) is 5.12. The maximum atomic E-state index is 13.1. The van der Waals surface area contributed by atoms with Gasteiger partial charge in [0.05, 0.1) is 11.6 Å². The Labute approximate surface area is 171 Å². The van der Waals surface area contributed by atoms with E-state index in [9.17, 15) is 14.4 Å². The zero-order chi connectivity index (χ0) is 21.0. The standard InChI is InChI=1S/C21H31N5O3/c1-14(2)12-25(20(28)15-5-6-15)17-10-18(19(27)24-9-7-22)26(13-17)21(29)16-4-3-8-23-11-16/h3-4,8,11,14-15,17-18H,5-7,9-10,12-13,22H2,1-2H3,(H,24,27). The molecule has 2 aliphatic rings. The molecule has 158 valence electrons. The first-order valence-corrected chi connectivity index (χ1v) is 10.4. The Morgan fingerprint density at radius 2 is 2.10 bits per heavy atom. The number of hydrogen-bond acceptors (Lipinski definition) is 5. The van der Waals surface area contributed by atoms with Crippen molar-refractivity contribution in [2.24, 2.45) is 17.6 Å². The fourth-order valence-electron chi connectivity index (χ4n) is 3.86. The van der Waals surface area contributed by atoms with E-state index in [0.29, 0.717) is 44.1 Å². The molecule has 2 fully saturated rings. The van der Waals surface area contributed by atoms with Crippen molar-refractivity contribution in [1.82, 2.24) is 20.1 Å². The summed E-state index contributed by atoms with van der Waals surface area (Å²) < 4.78 is 0. The zero-order valence-electron chi connectivity index (χ0n) is 17.2. The van der Waals surface area contributed by atoms with E-state index in [-0.39, 0.29) is 29.7 Å². The first-order valence-electron chi connectivity index (χ1n) is 10.4. The quantitative estimate of drug-likeness (QED) is 0.664. The summed E-state index contributed by atoms with van der Waals surface area (Å²) in [5, 5.41) is 2.80. The lowest BCUT2D eigenvalue weighted by Crippen LogP contribution is -2.47. The fourth-order valence-corrected chi connectivity index (χ4v) is 3.86. The molecule has 2 atom stereocenters. The van der Waals surface area contributed by atoms with Gasteiger partial charge in [-0.05, 0) is 37.3 Å². The van der Waals surface area contributed by atoms with Gasteiger partial charge in [-0.25, -0.2) is 0 Å². The first-order chi connectivity index (χ1) is 13.9. The van der Waals surface area contributed by atoms with Crippen LogP contribution in [0.15, 0.2) is 24.5 Å². The number of amides is 3. The van der Waals surface area contributed by atoms with E-state index in [1.807, 2.05) is 4.90 Å². The van der Waals surface area contributed by atoms with E-state index < -0.39 is 6.04 Å². The zero-order valence-corrected chi connectivity index (χ0v) is 17.2. The van der Waals surface area contributed by atoms with Crippen LogP contribution in [0.5, 0.6) is 0 Å². The summed E-state index contributed by atoms with van der Waals surface area (Å²) in [6, 6.07) is 2.60. The van der Waals surface area contributed by atoms with Gasteiger partial charge in [0.15, 0.2) is 0 Å². The molecule has 0 aromatic carbocycles. The molecule has 0 bridgehead atoms. The Bertz CT molecular complexity index is 735. The maximum absolute atomic E-state index is 13.1. The van der Waals surface area contributed by atoms with Gasteiger partial charge in [0.2, 0.25) is 11.8 Å². The van der Waals surface area contributed by atoms with Gasteiger partial charge in [-0.2, -0.15) is 0 Å². The van der Waals surface area contributed by atoms with Crippen molar-refractivity contribution in [3.8, 4) is 0 Å². The van der Waals surface area contributed by atoms with Crippen LogP contribution >= 0.6 is 0 Å². The predicted octanol–water partition coefficient (Wildman–Crippen LogP) is 0.634. The number of likely N-dealkylation sites (tertiary alicyclic amines) is 1. The van der Waals surface area contributed by atoms with Gasteiger partial charge in [0, 0.05) is 44.5 Å². The number of nitrogens with zero attached hydrogens (tertiary/aromatic N) is 3. The number of carbonyl (C=O) groups is 3. The van der Waals surface area contributed by atoms with Crippen molar-refractivity contribution in [2.75, 3.05) is 26.2 Å². The van der Waals surface area contributed by atoms with Crippen molar-refractivity contribution in [2.45, 2.75) is 45.2 Å². The molecule has 2 heterocycles. The number of nitrogens with two attached hydrogens (primary N) is 1. The van der Waals surface area contributed by atoms with Crippen molar-refractivity contribution in [1.29, 1.82) is 0 Å². The van der Waals surface area contributed by atoms with Gasteiger partial charge in [-0.1, -0.05) is 13.8 Å². The number of nitrogens with one attached hydrogen (secondary N) is 1. The monoisotopic (exact) mass is 401 g/mol. The van der Waals surface area contributed by atoms with Gasteiger partial charge in [0.25, 0.3) is 5.91 Å². The highest BCUT2D eigenvalue weighted by atomic mass is 16.2. The van der Waals surface area contributed by atoms with Crippen LogP contribution in [0.4, 0.5) is 0 Å². The molecule has 3 N–H and O–H groups in total. The molecule has 3 amide bonds. The van der Waals surface area contributed by atoms with E-state index in [0.717, 1.165) is 12.8 Å². The van der Waals surface area contributed by atoms with Crippen LogP contribution in [0.25, 0.3) is 0 Å². The Kier molecular flexibility index (Phi) is 6.84. The smallest absolute Gasteiger partial charge is 0.256 e.